The summed E-state index contributed by atoms with van der Waals surface area (Å²) in [4.78, 5) is 60.4. The maximum atomic E-state index is 13.3. The van der Waals surface area contributed by atoms with Gasteiger partial charge in [-0.05, 0) is 30.5 Å². The number of thiazole rings is 1. The smallest absolute Gasteiger partial charge is 0.352 e. The molecule has 1 saturated heterocycles. The topological polar surface area (TPSA) is 172 Å². The molecule has 11 nitrogen and oxygen atoms in total. The second kappa shape index (κ2) is 11.8. The summed E-state index contributed by atoms with van der Waals surface area (Å²) >= 11 is 8.23. The van der Waals surface area contributed by atoms with Crippen molar-refractivity contribution in [3.05, 3.63) is 63.8 Å². The minimum Gasteiger partial charge on any atom is -0.478 e. The molecule has 1 amide bonds. The van der Waals surface area contributed by atoms with Crippen LogP contribution in [0.15, 0.2) is 52.1 Å². The molecule has 2 aliphatic heterocycles. The monoisotopic (exact) mass is 604 g/mol. The number of β-lactam (4-membered cyclic amide) rings is 1. The van der Waals surface area contributed by atoms with Crippen LogP contribution in [0.3, 0.4) is 0 Å². The number of nitrogen functional groups attached to an aromatic ring is 1. The molecule has 3 heterocycles. The van der Waals surface area contributed by atoms with Gasteiger partial charge in [-0.1, -0.05) is 41.6 Å². The van der Waals surface area contributed by atoms with Crippen LogP contribution in [0.4, 0.5) is 5.13 Å². The number of hydrogen-bond acceptors (Lipinski definition) is 10. The van der Waals surface area contributed by atoms with Crippen molar-refractivity contribution in [1.82, 2.24) is 9.88 Å². The number of halogens is 1. The molecular weight excluding hydrogens is 580 g/mol. The van der Waals surface area contributed by atoms with Crippen molar-refractivity contribution in [3.63, 3.8) is 0 Å². The maximum absolute atomic E-state index is 13.3. The van der Waals surface area contributed by atoms with E-state index in [1.807, 2.05) is 24.3 Å². The molecule has 14 heteroatoms. The van der Waals surface area contributed by atoms with Gasteiger partial charge in [0.05, 0.1) is 11.3 Å². The first-order valence-electron chi connectivity index (χ1n) is 11.9. The van der Waals surface area contributed by atoms with E-state index in [0.29, 0.717) is 17.2 Å². The average molecular weight is 605 g/mol. The number of aromatic nitrogens is 1. The number of oxime groups is 1. The molecule has 1 aromatic heterocycles. The number of nitrogens with zero attached hydrogens (tertiary/aromatic N) is 3. The van der Waals surface area contributed by atoms with E-state index in [1.165, 1.54) is 35.9 Å². The highest BCUT2D eigenvalue weighted by Crippen LogP contribution is 2.45. The Hall–Kier alpha value is -3.68. The van der Waals surface area contributed by atoms with Crippen LogP contribution in [-0.4, -0.2) is 66.2 Å². The van der Waals surface area contributed by atoms with Gasteiger partial charge in [0.25, 0.3) is 0 Å². The number of fused-ring (bicyclic) bond motifs is 1. The van der Waals surface area contributed by atoms with Crippen molar-refractivity contribution in [2.75, 3.05) is 11.5 Å². The number of ketones is 1. The van der Waals surface area contributed by atoms with E-state index in [4.69, 9.17) is 22.2 Å². The highest BCUT2D eigenvalue weighted by molar-refractivity contribution is 8.00. The Balaban J connectivity index is 1.54. The van der Waals surface area contributed by atoms with E-state index in [1.54, 1.807) is 12.2 Å². The highest BCUT2D eigenvalue weighted by Gasteiger charge is 2.54. The number of Topliss-reactive ketones (excluding diaryl/α,β-unsaturated/α-hetero) is 1. The number of carboxylic acid groups (broad SMARTS) is 2. The van der Waals surface area contributed by atoms with E-state index in [2.05, 4.69) is 10.1 Å². The van der Waals surface area contributed by atoms with Gasteiger partial charge in [-0.15, -0.1) is 34.7 Å². The average Bonchev–Trinajstić information content (AvgIpc) is 3.35. The first-order valence-corrected chi connectivity index (χ1v) is 14.4. The number of benzene rings is 1. The van der Waals surface area contributed by atoms with Crippen LogP contribution in [0.5, 0.6) is 0 Å². The molecule has 40 heavy (non-hydrogen) atoms. The Bertz CT molecular complexity index is 1450. The molecule has 4 N–H and O–H groups in total. The highest BCUT2D eigenvalue weighted by atomic mass is 35.5. The van der Waals surface area contributed by atoms with Gasteiger partial charge in [0.15, 0.2) is 16.6 Å². The Morgan fingerprint density at radius 3 is 2.52 bits per heavy atom. The number of carbonyl (C=O) groups is 4. The lowest BCUT2D eigenvalue weighted by atomic mass is 9.89. The largest absolute Gasteiger partial charge is 0.478 e. The summed E-state index contributed by atoms with van der Waals surface area (Å²) < 4.78 is 0. The number of thioether (sulfide) groups is 1. The Morgan fingerprint density at radius 2 is 1.95 bits per heavy atom. The predicted molar refractivity (Wildman–Crippen MR) is 152 cm³/mol. The Morgan fingerprint density at radius 1 is 1.25 bits per heavy atom. The van der Waals surface area contributed by atoms with E-state index >= 15 is 0 Å². The van der Waals surface area contributed by atoms with Crippen LogP contribution in [-0.2, 0) is 29.9 Å². The van der Waals surface area contributed by atoms with E-state index in [-0.39, 0.29) is 28.7 Å². The number of carboxylic acids is 2. The second-order valence-corrected chi connectivity index (χ2v) is 11.7. The summed E-state index contributed by atoms with van der Waals surface area (Å²) in [6, 6.07) is 7.47. The summed E-state index contributed by atoms with van der Waals surface area (Å²) in [7, 11) is 0. The maximum Gasteiger partial charge on any atom is 0.352 e. The van der Waals surface area contributed by atoms with Crippen LogP contribution in [0.2, 0.25) is 0 Å². The Labute approximate surface area is 242 Å². The molecular formula is C26H25ClN4O7S2. The van der Waals surface area contributed by atoms with Gasteiger partial charge in [0.1, 0.15) is 11.4 Å². The summed E-state index contributed by atoms with van der Waals surface area (Å²) in [6.45, 7) is 2.53. The standard InChI is InChI=1S/C26H25ClN4O7S2/c1-26(2,24(36)37)38-30-19(17-12-40-25(28)29-17)18(32)9-16-21(33)31-20(23(34)35)15(11-39-22(16)31)8-7-13-3-5-14(10-27)6-4-13/h3-8,12,16,22H,9-11H2,1-2H3,(H2,28,29)(H,34,35)(H,36,37)/b8-7?,30-19-/t16-,22-/m1/s1. The van der Waals surface area contributed by atoms with Gasteiger partial charge < -0.3 is 20.8 Å². The van der Waals surface area contributed by atoms with Crippen molar-refractivity contribution < 1.29 is 34.2 Å². The first-order chi connectivity index (χ1) is 18.9. The third kappa shape index (κ3) is 6.06. The number of anilines is 1. The van der Waals surface area contributed by atoms with E-state index < -0.39 is 40.5 Å². The van der Waals surface area contributed by atoms with Crippen molar-refractivity contribution >= 4 is 75.2 Å². The van der Waals surface area contributed by atoms with Crippen molar-refractivity contribution in [3.8, 4) is 0 Å². The normalized spacial score (nSPS) is 19.4. The summed E-state index contributed by atoms with van der Waals surface area (Å²) in [5, 5.41) is 24.1. The molecule has 210 valence electrons. The van der Waals surface area contributed by atoms with Crippen molar-refractivity contribution in [2.24, 2.45) is 11.1 Å². The fourth-order valence-electron chi connectivity index (χ4n) is 3.95. The molecule has 0 spiro atoms. The molecule has 0 radical (unpaired) electrons. The number of carbonyl (C=O) groups excluding carboxylic acids is 2. The SMILES string of the molecule is CC(C)(O/N=C(\C(=O)C[C@@H]1C(=O)N2C(C(=O)O)=C(C=Cc3ccc(CCl)cc3)CS[C@H]12)c1csc(N)n1)C(=O)O. The number of nitrogens with two attached hydrogens (primary N) is 1. The van der Waals surface area contributed by atoms with Gasteiger partial charge in [-0.25, -0.2) is 14.6 Å². The number of alkyl halides is 1. The summed E-state index contributed by atoms with van der Waals surface area (Å²) in [5.74, 6) is -3.78. The molecule has 0 bridgehead atoms. The molecule has 0 aliphatic carbocycles. The third-order valence-corrected chi connectivity index (χ3v) is 8.58. The predicted octanol–water partition coefficient (Wildman–Crippen LogP) is 3.59. The lowest BCUT2D eigenvalue weighted by Crippen LogP contribution is -2.62. The molecule has 1 aromatic carbocycles. The lowest BCUT2D eigenvalue weighted by molar-refractivity contribution is -0.161. The summed E-state index contributed by atoms with van der Waals surface area (Å²) in [5.41, 5.74) is 5.93. The Kier molecular flexibility index (Phi) is 8.66. The quantitative estimate of drug-likeness (QED) is 0.149. The van der Waals surface area contributed by atoms with Crippen LogP contribution in [0.25, 0.3) is 6.08 Å². The molecule has 0 saturated carbocycles. The number of hydrogen-bond donors (Lipinski definition) is 3. The zero-order valence-electron chi connectivity index (χ0n) is 21.4. The number of aliphatic carboxylic acids is 2. The zero-order chi connectivity index (χ0) is 29.2. The van der Waals surface area contributed by atoms with E-state index in [9.17, 15) is 29.4 Å². The molecule has 2 aromatic rings. The van der Waals surface area contributed by atoms with Crippen molar-refractivity contribution in [2.45, 2.75) is 37.1 Å². The molecule has 2 aliphatic rings. The summed E-state index contributed by atoms with van der Waals surface area (Å²) in [6.07, 6.45) is 3.14. The van der Waals surface area contributed by atoms with Crippen molar-refractivity contribution in [1.29, 1.82) is 0 Å². The van der Waals surface area contributed by atoms with Crippen LogP contribution >= 0.6 is 34.7 Å². The fourth-order valence-corrected chi connectivity index (χ4v) is 6.07. The fraction of sp³-hybridized carbons (Fsp3) is 0.308. The number of amides is 1. The molecule has 2 atom stereocenters. The minimum atomic E-state index is -1.73. The zero-order valence-corrected chi connectivity index (χ0v) is 23.8. The third-order valence-electron chi connectivity index (χ3n) is 6.24. The van der Waals surface area contributed by atoms with Crippen LogP contribution in [0, 0.1) is 5.92 Å². The minimum absolute atomic E-state index is 0.0891. The first kappa shape index (κ1) is 29.3. The van der Waals surface area contributed by atoms with Gasteiger partial charge >= 0.3 is 11.9 Å². The molecule has 1 fully saturated rings. The van der Waals surface area contributed by atoms with Gasteiger partial charge in [-0.2, -0.15) is 0 Å². The van der Waals surface area contributed by atoms with Crippen LogP contribution in [0.1, 0.15) is 37.1 Å². The second-order valence-electron chi connectivity index (χ2n) is 9.45. The number of allylic oxidation sites excluding steroid dienone is 1. The molecule has 0 unspecified atom stereocenters. The van der Waals surface area contributed by atoms with Crippen LogP contribution < -0.4 is 5.73 Å². The number of rotatable bonds is 11. The van der Waals surface area contributed by atoms with E-state index in [0.717, 1.165) is 22.5 Å². The van der Waals surface area contributed by atoms with Gasteiger partial charge in [0, 0.05) is 23.4 Å². The van der Waals surface area contributed by atoms with Gasteiger partial charge in [-0.3, -0.25) is 14.5 Å². The lowest BCUT2D eigenvalue weighted by Gasteiger charge is -2.49. The molecule has 4 rings (SSSR count). The van der Waals surface area contributed by atoms with Gasteiger partial charge in [0.2, 0.25) is 11.5 Å².